The van der Waals surface area contributed by atoms with Gasteiger partial charge in [0.25, 0.3) is 5.91 Å². The summed E-state index contributed by atoms with van der Waals surface area (Å²) in [5, 5.41) is 3.80. The average Bonchev–Trinajstić information content (AvgIpc) is 2.91. The Labute approximate surface area is 150 Å². The Morgan fingerprint density at radius 3 is 2.61 bits per heavy atom. The van der Waals surface area contributed by atoms with Crippen LogP contribution in [0.2, 0.25) is 0 Å². The number of hydrogen-bond acceptors (Lipinski definition) is 5. The lowest BCUT2D eigenvalue weighted by Crippen LogP contribution is -2.24. The number of methoxy groups -OCH3 is 1. The minimum atomic E-state index is -0.390. The first-order valence-corrected chi connectivity index (χ1v) is 8.12. The van der Waals surface area contributed by atoms with E-state index >= 15 is 0 Å². The summed E-state index contributed by atoms with van der Waals surface area (Å²) < 4.78 is 17.2. The number of amides is 1. The van der Waals surface area contributed by atoms with Crippen molar-refractivity contribution >= 4 is 44.0 Å². The highest BCUT2D eigenvalue weighted by atomic mass is 79.9. The SMILES string of the molecule is COc1cc(Br)c(OCC(=O)N/N=C\c2ccc(C)o2)c(Br)c1. The number of rotatable bonds is 6. The molecule has 0 atom stereocenters. The zero-order valence-electron chi connectivity index (χ0n) is 12.4. The van der Waals surface area contributed by atoms with Crippen LogP contribution < -0.4 is 14.9 Å². The van der Waals surface area contributed by atoms with Gasteiger partial charge in [0.2, 0.25) is 0 Å². The maximum Gasteiger partial charge on any atom is 0.277 e. The van der Waals surface area contributed by atoms with Gasteiger partial charge in [-0.1, -0.05) is 0 Å². The number of carbonyl (C=O) groups is 1. The van der Waals surface area contributed by atoms with E-state index in [1.165, 1.54) is 6.21 Å². The van der Waals surface area contributed by atoms with E-state index in [-0.39, 0.29) is 12.5 Å². The number of aryl methyl sites for hydroxylation is 1. The molecule has 0 saturated heterocycles. The number of hydrogen-bond donors (Lipinski definition) is 1. The van der Waals surface area contributed by atoms with Gasteiger partial charge in [0.1, 0.15) is 23.0 Å². The van der Waals surface area contributed by atoms with Crippen LogP contribution in [0.5, 0.6) is 11.5 Å². The largest absolute Gasteiger partial charge is 0.497 e. The zero-order valence-corrected chi connectivity index (χ0v) is 15.6. The van der Waals surface area contributed by atoms with Crippen LogP contribution in [0.3, 0.4) is 0 Å². The normalized spacial score (nSPS) is 10.8. The molecular weight excluding hydrogens is 432 g/mol. The van der Waals surface area contributed by atoms with Crippen LogP contribution in [0, 0.1) is 6.92 Å². The predicted octanol–water partition coefficient (Wildman–Crippen LogP) is 3.65. The summed E-state index contributed by atoms with van der Waals surface area (Å²) in [4.78, 5) is 11.7. The van der Waals surface area contributed by atoms with Crippen molar-refractivity contribution < 1.29 is 18.7 Å². The number of benzene rings is 1. The van der Waals surface area contributed by atoms with Crippen molar-refractivity contribution in [3.63, 3.8) is 0 Å². The number of halogens is 2. The lowest BCUT2D eigenvalue weighted by molar-refractivity contribution is -0.123. The third kappa shape index (κ3) is 5.11. The first-order valence-electron chi connectivity index (χ1n) is 6.53. The molecule has 1 heterocycles. The molecule has 1 amide bonds. The van der Waals surface area contributed by atoms with E-state index in [1.807, 2.05) is 13.0 Å². The van der Waals surface area contributed by atoms with Crippen LogP contribution >= 0.6 is 31.9 Å². The molecule has 0 aliphatic rings. The fourth-order valence-corrected chi connectivity index (χ4v) is 3.03. The molecule has 1 N–H and O–H groups in total. The number of nitrogens with one attached hydrogen (secondary N) is 1. The van der Waals surface area contributed by atoms with Crippen molar-refractivity contribution in [3.8, 4) is 11.5 Å². The molecule has 0 unspecified atom stereocenters. The molecule has 8 heteroatoms. The molecule has 0 aliphatic heterocycles. The molecule has 1 aromatic carbocycles. The second-order valence-corrected chi connectivity index (χ2v) is 6.16. The second kappa shape index (κ2) is 8.16. The zero-order chi connectivity index (χ0) is 16.8. The van der Waals surface area contributed by atoms with Crippen LogP contribution in [0.25, 0.3) is 0 Å². The quantitative estimate of drug-likeness (QED) is 0.544. The number of hydrazone groups is 1. The second-order valence-electron chi connectivity index (χ2n) is 4.45. The minimum absolute atomic E-state index is 0.182. The van der Waals surface area contributed by atoms with Crippen LogP contribution in [-0.4, -0.2) is 25.8 Å². The molecule has 6 nitrogen and oxygen atoms in total. The van der Waals surface area contributed by atoms with E-state index in [9.17, 15) is 4.79 Å². The Kier molecular flexibility index (Phi) is 6.23. The van der Waals surface area contributed by atoms with Crippen molar-refractivity contribution in [2.75, 3.05) is 13.7 Å². The van der Waals surface area contributed by atoms with Gasteiger partial charge >= 0.3 is 0 Å². The summed E-state index contributed by atoms with van der Waals surface area (Å²) >= 11 is 6.73. The van der Waals surface area contributed by atoms with Gasteiger partial charge in [-0.3, -0.25) is 4.79 Å². The van der Waals surface area contributed by atoms with Crippen LogP contribution in [0.15, 0.2) is 42.7 Å². The van der Waals surface area contributed by atoms with Crippen LogP contribution in [-0.2, 0) is 4.79 Å². The van der Waals surface area contributed by atoms with E-state index in [0.717, 1.165) is 5.76 Å². The fourth-order valence-electron chi connectivity index (χ4n) is 1.65. The first-order chi connectivity index (χ1) is 11.0. The molecule has 0 radical (unpaired) electrons. The van der Waals surface area contributed by atoms with E-state index in [4.69, 9.17) is 13.9 Å². The Bertz CT molecular complexity index is 705. The Balaban J connectivity index is 1.88. The Morgan fingerprint density at radius 1 is 1.35 bits per heavy atom. The summed E-state index contributed by atoms with van der Waals surface area (Å²) in [6.45, 7) is 1.65. The first kappa shape index (κ1) is 17.6. The van der Waals surface area contributed by atoms with Crippen molar-refractivity contribution in [1.29, 1.82) is 0 Å². The highest BCUT2D eigenvalue weighted by molar-refractivity contribution is 9.11. The van der Waals surface area contributed by atoms with Gasteiger partial charge in [-0.05, 0) is 63.0 Å². The van der Waals surface area contributed by atoms with Gasteiger partial charge in [-0.25, -0.2) is 5.43 Å². The van der Waals surface area contributed by atoms with E-state index in [1.54, 1.807) is 25.3 Å². The summed E-state index contributed by atoms with van der Waals surface area (Å²) in [6.07, 6.45) is 1.42. The molecule has 0 bridgehead atoms. The maximum atomic E-state index is 11.7. The topological polar surface area (TPSA) is 73.1 Å². The molecular formula is C15H14Br2N2O4. The number of ether oxygens (including phenoxy) is 2. The molecule has 23 heavy (non-hydrogen) atoms. The average molecular weight is 446 g/mol. The Morgan fingerprint density at radius 2 is 2.04 bits per heavy atom. The van der Waals surface area contributed by atoms with Crippen molar-refractivity contribution in [1.82, 2.24) is 5.43 Å². The van der Waals surface area contributed by atoms with Gasteiger partial charge in [0.15, 0.2) is 6.61 Å². The molecule has 0 fully saturated rings. The fraction of sp³-hybridized carbons (Fsp3) is 0.200. The third-order valence-corrected chi connectivity index (χ3v) is 3.88. The van der Waals surface area contributed by atoms with Gasteiger partial charge in [0, 0.05) is 0 Å². The van der Waals surface area contributed by atoms with E-state index in [2.05, 4.69) is 42.4 Å². The molecule has 0 saturated carbocycles. The summed E-state index contributed by atoms with van der Waals surface area (Å²) in [7, 11) is 1.57. The lowest BCUT2D eigenvalue weighted by atomic mass is 10.3. The van der Waals surface area contributed by atoms with Crippen molar-refractivity contribution in [2.24, 2.45) is 5.10 Å². The highest BCUT2D eigenvalue weighted by Gasteiger charge is 2.11. The maximum absolute atomic E-state index is 11.7. The van der Waals surface area contributed by atoms with Gasteiger partial charge < -0.3 is 13.9 Å². The predicted molar refractivity (Wildman–Crippen MR) is 93.1 cm³/mol. The van der Waals surface area contributed by atoms with Crippen molar-refractivity contribution in [3.05, 3.63) is 44.7 Å². The summed E-state index contributed by atoms with van der Waals surface area (Å²) in [6, 6.07) is 7.06. The van der Waals surface area contributed by atoms with Gasteiger partial charge in [-0.15, -0.1) is 0 Å². The molecule has 2 aromatic rings. The molecule has 1 aromatic heterocycles. The van der Waals surface area contributed by atoms with E-state index < -0.39 is 0 Å². The Hall–Kier alpha value is -1.80. The molecule has 122 valence electrons. The molecule has 0 aliphatic carbocycles. The summed E-state index contributed by atoms with van der Waals surface area (Å²) in [5.41, 5.74) is 2.36. The van der Waals surface area contributed by atoms with Crippen LogP contribution in [0.4, 0.5) is 0 Å². The standard InChI is InChI=1S/C15H14Br2N2O4/c1-9-3-4-10(23-9)7-18-19-14(20)8-22-15-12(16)5-11(21-2)6-13(15)17/h3-7H,8H2,1-2H3,(H,19,20)/b18-7-. The summed E-state index contributed by atoms with van der Waals surface area (Å²) in [5.74, 6) is 2.12. The van der Waals surface area contributed by atoms with Gasteiger partial charge in [0.05, 0.1) is 22.3 Å². The monoisotopic (exact) mass is 444 g/mol. The number of nitrogens with zero attached hydrogens (tertiary/aromatic N) is 1. The van der Waals surface area contributed by atoms with Crippen LogP contribution in [0.1, 0.15) is 11.5 Å². The molecule has 0 spiro atoms. The van der Waals surface area contributed by atoms with Gasteiger partial charge in [-0.2, -0.15) is 5.10 Å². The smallest absolute Gasteiger partial charge is 0.277 e. The molecule has 2 rings (SSSR count). The number of furan rings is 1. The minimum Gasteiger partial charge on any atom is -0.497 e. The van der Waals surface area contributed by atoms with Crippen molar-refractivity contribution in [2.45, 2.75) is 6.92 Å². The lowest BCUT2D eigenvalue weighted by Gasteiger charge is -2.11. The third-order valence-electron chi connectivity index (χ3n) is 2.70. The highest BCUT2D eigenvalue weighted by Crippen LogP contribution is 2.37. The number of carbonyl (C=O) groups excluding carboxylic acids is 1. The van der Waals surface area contributed by atoms with E-state index in [0.29, 0.717) is 26.2 Å².